The van der Waals surface area contributed by atoms with Crippen molar-refractivity contribution >= 4 is 16.5 Å². The van der Waals surface area contributed by atoms with Crippen molar-refractivity contribution in [2.45, 2.75) is 33.2 Å². The van der Waals surface area contributed by atoms with Crippen LogP contribution in [0, 0.1) is 18.3 Å². The Balaban J connectivity index is 2.34. The number of aryl methyl sites for hydroxylation is 1. The van der Waals surface area contributed by atoms with Gasteiger partial charge in [-0.15, -0.1) is 0 Å². The SMILES string of the molecule is Cc1nsc(NCCCN(C)C(C)C)c1C#N. The lowest BCUT2D eigenvalue weighted by atomic mass is 10.2. The molecule has 0 saturated carbocycles. The van der Waals surface area contributed by atoms with Crippen molar-refractivity contribution in [3.05, 3.63) is 11.3 Å². The van der Waals surface area contributed by atoms with E-state index in [0.717, 1.165) is 30.2 Å². The second kappa shape index (κ2) is 6.58. The number of anilines is 1. The Hall–Kier alpha value is -1.12. The number of hydrogen-bond acceptors (Lipinski definition) is 5. The van der Waals surface area contributed by atoms with Crippen LogP contribution in [0.2, 0.25) is 0 Å². The highest BCUT2D eigenvalue weighted by molar-refractivity contribution is 7.10. The number of aromatic nitrogens is 1. The molecule has 94 valence electrons. The van der Waals surface area contributed by atoms with E-state index < -0.39 is 0 Å². The highest BCUT2D eigenvalue weighted by Crippen LogP contribution is 2.22. The molecule has 0 aliphatic rings. The molecule has 0 amide bonds. The van der Waals surface area contributed by atoms with Gasteiger partial charge >= 0.3 is 0 Å². The fourth-order valence-corrected chi connectivity index (χ4v) is 2.18. The molecule has 0 bridgehead atoms. The summed E-state index contributed by atoms with van der Waals surface area (Å²) in [6.07, 6.45) is 1.07. The standard InChI is InChI=1S/C12H20N4S/c1-9(2)16(4)7-5-6-14-12-11(8-13)10(3)15-17-12/h9,14H,5-7H2,1-4H3. The molecule has 0 saturated heterocycles. The molecule has 0 radical (unpaired) electrons. The summed E-state index contributed by atoms with van der Waals surface area (Å²) in [7, 11) is 2.13. The highest BCUT2D eigenvalue weighted by atomic mass is 32.1. The van der Waals surface area contributed by atoms with Crippen LogP contribution in [0.5, 0.6) is 0 Å². The molecule has 1 heterocycles. The van der Waals surface area contributed by atoms with Crippen LogP contribution in [0.25, 0.3) is 0 Å². The van der Waals surface area contributed by atoms with Crippen molar-refractivity contribution in [1.82, 2.24) is 9.27 Å². The van der Waals surface area contributed by atoms with Gasteiger partial charge in [-0.3, -0.25) is 0 Å². The maximum absolute atomic E-state index is 8.97. The lowest BCUT2D eigenvalue weighted by Crippen LogP contribution is -2.28. The van der Waals surface area contributed by atoms with Gasteiger partial charge in [0.2, 0.25) is 0 Å². The Morgan fingerprint density at radius 2 is 2.24 bits per heavy atom. The molecule has 0 fully saturated rings. The maximum atomic E-state index is 8.97. The first-order valence-electron chi connectivity index (χ1n) is 5.86. The summed E-state index contributed by atoms with van der Waals surface area (Å²) in [5.41, 5.74) is 1.51. The number of nitrogens with zero attached hydrogens (tertiary/aromatic N) is 3. The summed E-state index contributed by atoms with van der Waals surface area (Å²) in [5.74, 6) is 0. The molecule has 0 atom stereocenters. The molecule has 1 aromatic rings. The van der Waals surface area contributed by atoms with Gasteiger partial charge in [-0.1, -0.05) is 0 Å². The Morgan fingerprint density at radius 1 is 1.53 bits per heavy atom. The second-order valence-corrected chi connectivity index (χ2v) is 5.21. The smallest absolute Gasteiger partial charge is 0.127 e. The first-order chi connectivity index (χ1) is 8.06. The van der Waals surface area contributed by atoms with Gasteiger partial charge in [0.15, 0.2) is 0 Å². The molecule has 0 unspecified atom stereocenters. The Kier molecular flexibility index (Phi) is 5.39. The molecule has 1 aromatic heterocycles. The molecule has 0 spiro atoms. The minimum atomic E-state index is 0.579. The summed E-state index contributed by atoms with van der Waals surface area (Å²) >= 11 is 1.37. The van der Waals surface area contributed by atoms with E-state index in [1.54, 1.807) is 0 Å². The monoisotopic (exact) mass is 252 g/mol. The van der Waals surface area contributed by atoms with Crippen molar-refractivity contribution in [1.29, 1.82) is 5.26 Å². The van der Waals surface area contributed by atoms with Crippen molar-refractivity contribution < 1.29 is 0 Å². The topological polar surface area (TPSA) is 52.0 Å². The predicted octanol–water partition coefficient (Wildman–Crippen LogP) is 2.47. The quantitative estimate of drug-likeness (QED) is 0.790. The first kappa shape index (κ1) is 13.9. The fraction of sp³-hybridized carbons (Fsp3) is 0.667. The maximum Gasteiger partial charge on any atom is 0.127 e. The summed E-state index contributed by atoms with van der Waals surface area (Å²) in [4.78, 5) is 2.31. The molecular weight excluding hydrogens is 232 g/mol. The molecular formula is C12H20N4S. The molecule has 0 aliphatic carbocycles. The zero-order chi connectivity index (χ0) is 12.8. The van der Waals surface area contributed by atoms with E-state index >= 15 is 0 Å². The van der Waals surface area contributed by atoms with Crippen LogP contribution in [0.3, 0.4) is 0 Å². The summed E-state index contributed by atoms with van der Waals surface area (Å²) in [5, 5.41) is 13.2. The van der Waals surface area contributed by atoms with E-state index in [1.165, 1.54) is 11.5 Å². The predicted molar refractivity (Wildman–Crippen MR) is 72.4 cm³/mol. The van der Waals surface area contributed by atoms with Crippen molar-refractivity contribution in [3.8, 4) is 6.07 Å². The molecule has 1 N–H and O–H groups in total. The number of nitrogens with one attached hydrogen (secondary N) is 1. The fourth-order valence-electron chi connectivity index (χ4n) is 1.41. The van der Waals surface area contributed by atoms with E-state index in [4.69, 9.17) is 5.26 Å². The zero-order valence-corrected chi connectivity index (χ0v) is 11.8. The van der Waals surface area contributed by atoms with Crippen LogP contribution < -0.4 is 5.32 Å². The molecule has 17 heavy (non-hydrogen) atoms. The van der Waals surface area contributed by atoms with Crippen LogP contribution in [0.15, 0.2) is 0 Å². The van der Waals surface area contributed by atoms with Gasteiger partial charge in [-0.2, -0.15) is 9.64 Å². The van der Waals surface area contributed by atoms with Gasteiger partial charge < -0.3 is 10.2 Å². The van der Waals surface area contributed by atoms with Gasteiger partial charge in [0.1, 0.15) is 16.6 Å². The lowest BCUT2D eigenvalue weighted by molar-refractivity contribution is 0.273. The second-order valence-electron chi connectivity index (χ2n) is 4.44. The van der Waals surface area contributed by atoms with E-state index in [-0.39, 0.29) is 0 Å². The molecule has 5 heteroatoms. The summed E-state index contributed by atoms with van der Waals surface area (Å²) in [6.45, 7) is 8.19. The van der Waals surface area contributed by atoms with Crippen LogP contribution in [0.1, 0.15) is 31.5 Å². The van der Waals surface area contributed by atoms with Crippen molar-refractivity contribution in [2.75, 3.05) is 25.5 Å². The van der Waals surface area contributed by atoms with Gasteiger partial charge in [0.05, 0.1) is 5.69 Å². The number of rotatable bonds is 6. The number of hydrogen-bond donors (Lipinski definition) is 1. The Bertz CT molecular complexity index is 392. The minimum Gasteiger partial charge on any atom is -0.375 e. The normalized spacial score (nSPS) is 10.9. The molecule has 0 aromatic carbocycles. The van der Waals surface area contributed by atoms with E-state index in [1.807, 2.05) is 6.92 Å². The third-order valence-electron chi connectivity index (χ3n) is 2.83. The van der Waals surface area contributed by atoms with E-state index in [0.29, 0.717) is 11.6 Å². The average molecular weight is 252 g/mol. The molecule has 1 rings (SSSR count). The van der Waals surface area contributed by atoms with Gasteiger partial charge in [-0.25, -0.2) is 0 Å². The first-order valence-corrected chi connectivity index (χ1v) is 6.64. The van der Waals surface area contributed by atoms with Gasteiger partial charge in [0, 0.05) is 12.6 Å². The van der Waals surface area contributed by atoms with Crippen LogP contribution in [0.4, 0.5) is 5.00 Å². The summed E-state index contributed by atoms with van der Waals surface area (Å²) in [6, 6.07) is 2.77. The highest BCUT2D eigenvalue weighted by Gasteiger charge is 2.09. The van der Waals surface area contributed by atoms with E-state index in [9.17, 15) is 0 Å². The zero-order valence-electron chi connectivity index (χ0n) is 10.9. The Labute approximate surface area is 107 Å². The van der Waals surface area contributed by atoms with Gasteiger partial charge in [-0.05, 0) is 52.3 Å². The van der Waals surface area contributed by atoms with Crippen molar-refractivity contribution in [2.24, 2.45) is 0 Å². The van der Waals surface area contributed by atoms with Crippen LogP contribution >= 0.6 is 11.5 Å². The van der Waals surface area contributed by atoms with Crippen LogP contribution in [-0.4, -0.2) is 35.5 Å². The largest absolute Gasteiger partial charge is 0.375 e. The Morgan fingerprint density at radius 3 is 2.82 bits per heavy atom. The third-order valence-corrected chi connectivity index (χ3v) is 3.73. The third kappa shape index (κ3) is 3.99. The van der Waals surface area contributed by atoms with Crippen molar-refractivity contribution in [3.63, 3.8) is 0 Å². The molecule has 4 nitrogen and oxygen atoms in total. The number of nitriles is 1. The lowest BCUT2D eigenvalue weighted by Gasteiger charge is -2.20. The van der Waals surface area contributed by atoms with E-state index in [2.05, 4.69) is 41.6 Å². The van der Waals surface area contributed by atoms with Gasteiger partial charge in [0.25, 0.3) is 0 Å². The minimum absolute atomic E-state index is 0.579. The molecule has 0 aliphatic heterocycles. The average Bonchev–Trinajstić information content (AvgIpc) is 2.64. The summed E-state index contributed by atoms with van der Waals surface area (Å²) < 4.78 is 4.18. The van der Waals surface area contributed by atoms with Crippen LogP contribution in [-0.2, 0) is 0 Å².